The third kappa shape index (κ3) is 4.93. The number of anilines is 1. The predicted molar refractivity (Wildman–Crippen MR) is 112 cm³/mol. The summed E-state index contributed by atoms with van der Waals surface area (Å²) in [7, 11) is 3.13. The first-order valence-corrected chi connectivity index (χ1v) is 9.07. The number of para-hydroxylation sites is 1. The number of ether oxygens (including phenoxy) is 2. The minimum atomic E-state index is -0.226. The van der Waals surface area contributed by atoms with Crippen LogP contribution in [-0.4, -0.2) is 26.0 Å². The van der Waals surface area contributed by atoms with E-state index in [1.807, 2.05) is 18.2 Å². The Morgan fingerprint density at radius 3 is 2.10 bits per heavy atom. The number of rotatable bonds is 7. The first kappa shape index (κ1) is 19.9. The summed E-state index contributed by atoms with van der Waals surface area (Å²) in [6.07, 6.45) is 0. The van der Waals surface area contributed by atoms with Crippen LogP contribution >= 0.6 is 0 Å². The van der Waals surface area contributed by atoms with Crippen molar-refractivity contribution in [2.24, 2.45) is 0 Å². The first-order chi connectivity index (χ1) is 14.1. The van der Waals surface area contributed by atoms with Crippen molar-refractivity contribution in [3.63, 3.8) is 0 Å². The van der Waals surface area contributed by atoms with Gasteiger partial charge < -0.3 is 20.1 Å². The van der Waals surface area contributed by atoms with Crippen molar-refractivity contribution >= 4 is 17.5 Å². The van der Waals surface area contributed by atoms with Crippen LogP contribution in [0.1, 0.15) is 26.3 Å². The topological polar surface area (TPSA) is 76.7 Å². The summed E-state index contributed by atoms with van der Waals surface area (Å²) in [4.78, 5) is 24.6. The van der Waals surface area contributed by atoms with Crippen LogP contribution in [-0.2, 0) is 6.54 Å². The Morgan fingerprint density at radius 1 is 0.759 bits per heavy atom. The van der Waals surface area contributed by atoms with Crippen LogP contribution in [0.25, 0.3) is 0 Å². The van der Waals surface area contributed by atoms with Crippen molar-refractivity contribution in [2.45, 2.75) is 6.54 Å². The number of carbonyl (C=O) groups is 2. The average Bonchev–Trinajstić information content (AvgIpc) is 2.78. The number of hydrogen-bond donors (Lipinski definition) is 2. The molecule has 0 bridgehead atoms. The summed E-state index contributed by atoms with van der Waals surface area (Å²) in [6.45, 7) is 0.297. The minimum Gasteiger partial charge on any atom is -0.493 e. The van der Waals surface area contributed by atoms with Gasteiger partial charge in [0.15, 0.2) is 11.5 Å². The van der Waals surface area contributed by atoms with E-state index in [1.54, 1.807) is 68.8 Å². The molecule has 6 heteroatoms. The molecule has 3 rings (SSSR count). The maximum Gasteiger partial charge on any atom is 0.255 e. The lowest BCUT2D eigenvalue weighted by Gasteiger charge is -2.13. The van der Waals surface area contributed by atoms with Crippen molar-refractivity contribution in [3.05, 3.63) is 89.5 Å². The lowest BCUT2D eigenvalue weighted by Crippen LogP contribution is -2.23. The van der Waals surface area contributed by atoms with Gasteiger partial charge in [0.1, 0.15) is 0 Å². The smallest absolute Gasteiger partial charge is 0.255 e. The summed E-state index contributed by atoms with van der Waals surface area (Å²) in [5.41, 5.74) is 2.49. The summed E-state index contributed by atoms with van der Waals surface area (Å²) in [5, 5.41) is 5.67. The number of benzene rings is 3. The predicted octanol–water partition coefficient (Wildman–Crippen LogP) is 3.89. The van der Waals surface area contributed by atoms with Gasteiger partial charge in [0.25, 0.3) is 11.8 Å². The van der Waals surface area contributed by atoms with E-state index in [0.29, 0.717) is 34.9 Å². The zero-order valence-electron chi connectivity index (χ0n) is 16.3. The van der Waals surface area contributed by atoms with Crippen molar-refractivity contribution in [3.8, 4) is 11.5 Å². The molecule has 148 valence electrons. The van der Waals surface area contributed by atoms with Gasteiger partial charge in [-0.1, -0.05) is 30.3 Å². The van der Waals surface area contributed by atoms with Gasteiger partial charge in [0.2, 0.25) is 0 Å². The highest BCUT2D eigenvalue weighted by Crippen LogP contribution is 2.30. The third-order valence-corrected chi connectivity index (χ3v) is 4.36. The van der Waals surface area contributed by atoms with E-state index in [2.05, 4.69) is 10.6 Å². The molecule has 3 aromatic rings. The molecule has 3 aromatic carbocycles. The number of amides is 2. The number of carbonyl (C=O) groups excluding carboxylic acids is 2. The molecule has 0 radical (unpaired) electrons. The second kappa shape index (κ2) is 9.41. The Balaban J connectivity index is 1.62. The summed E-state index contributed by atoms with van der Waals surface area (Å²) < 4.78 is 10.7. The molecule has 0 fully saturated rings. The highest BCUT2D eigenvalue weighted by atomic mass is 16.5. The fraction of sp³-hybridized carbons (Fsp3) is 0.130. The van der Waals surface area contributed by atoms with Crippen molar-refractivity contribution in [2.75, 3.05) is 19.5 Å². The molecule has 0 saturated heterocycles. The Bertz CT molecular complexity index is 986. The molecule has 0 atom stereocenters. The Kier molecular flexibility index (Phi) is 6.47. The van der Waals surface area contributed by atoms with Crippen LogP contribution in [0.2, 0.25) is 0 Å². The molecule has 2 amide bonds. The summed E-state index contributed by atoms with van der Waals surface area (Å²) in [5.74, 6) is 0.774. The molecule has 2 N–H and O–H groups in total. The number of nitrogens with one attached hydrogen (secondary N) is 2. The molecule has 0 saturated carbocycles. The molecule has 29 heavy (non-hydrogen) atoms. The van der Waals surface area contributed by atoms with E-state index in [-0.39, 0.29) is 11.8 Å². The van der Waals surface area contributed by atoms with Crippen LogP contribution in [0.3, 0.4) is 0 Å². The van der Waals surface area contributed by atoms with Crippen LogP contribution in [0, 0.1) is 0 Å². The first-order valence-electron chi connectivity index (χ1n) is 9.07. The largest absolute Gasteiger partial charge is 0.493 e. The molecule has 0 aromatic heterocycles. The third-order valence-electron chi connectivity index (χ3n) is 4.36. The van der Waals surface area contributed by atoms with Gasteiger partial charge in [0, 0.05) is 28.9 Å². The van der Waals surface area contributed by atoms with Gasteiger partial charge in [-0.2, -0.15) is 0 Å². The van der Waals surface area contributed by atoms with E-state index < -0.39 is 0 Å². The molecule has 0 aliphatic heterocycles. The monoisotopic (exact) mass is 390 g/mol. The van der Waals surface area contributed by atoms with Gasteiger partial charge in [-0.25, -0.2) is 0 Å². The molecule has 6 nitrogen and oxygen atoms in total. The van der Waals surface area contributed by atoms with E-state index in [0.717, 1.165) is 5.56 Å². The average molecular weight is 390 g/mol. The lowest BCUT2D eigenvalue weighted by molar-refractivity contribution is 0.0950. The Hall–Kier alpha value is -3.80. The van der Waals surface area contributed by atoms with Crippen LogP contribution in [0.5, 0.6) is 11.5 Å². The SMILES string of the molecule is COc1cccc(CNC(=O)c2ccc(NC(=O)c3ccccc3)cc2)c1OC. The normalized spacial score (nSPS) is 10.1. The van der Waals surface area contributed by atoms with Gasteiger partial charge >= 0.3 is 0 Å². The zero-order valence-corrected chi connectivity index (χ0v) is 16.3. The van der Waals surface area contributed by atoms with Crippen LogP contribution in [0.4, 0.5) is 5.69 Å². The van der Waals surface area contributed by atoms with Gasteiger partial charge in [-0.05, 0) is 42.5 Å². The molecule has 0 aliphatic rings. The summed E-state index contributed by atoms with van der Waals surface area (Å²) >= 11 is 0. The van der Waals surface area contributed by atoms with E-state index >= 15 is 0 Å². The number of hydrogen-bond acceptors (Lipinski definition) is 4. The van der Waals surface area contributed by atoms with Crippen LogP contribution < -0.4 is 20.1 Å². The fourth-order valence-electron chi connectivity index (χ4n) is 2.87. The molecule has 0 aliphatic carbocycles. The Labute approximate surface area is 169 Å². The molecule has 0 spiro atoms. The maximum absolute atomic E-state index is 12.5. The van der Waals surface area contributed by atoms with E-state index in [9.17, 15) is 9.59 Å². The molecule has 0 unspecified atom stereocenters. The highest BCUT2D eigenvalue weighted by molar-refractivity contribution is 6.04. The van der Waals surface area contributed by atoms with Crippen molar-refractivity contribution in [1.29, 1.82) is 0 Å². The lowest BCUT2D eigenvalue weighted by atomic mass is 10.1. The molecular formula is C23H22N2O4. The minimum absolute atomic E-state index is 0.201. The second-order valence-electron chi connectivity index (χ2n) is 6.23. The van der Waals surface area contributed by atoms with Crippen LogP contribution in [0.15, 0.2) is 72.8 Å². The van der Waals surface area contributed by atoms with Gasteiger partial charge in [0.05, 0.1) is 14.2 Å². The molecular weight excluding hydrogens is 368 g/mol. The van der Waals surface area contributed by atoms with Crippen molar-refractivity contribution < 1.29 is 19.1 Å². The van der Waals surface area contributed by atoms with E-state index in [4.69, 9.17) is 9.47 Å². The van der Waals surface area contributed by atoms with E-state index in [1.165, 1.54) is 0 Å². The quantitative estimate of drug-likeness (QED) is 0.642. The highest BCUT2D eigenvalue weighted by Gasteiger charge is 2.12. The van der Waals surface area contributed by atoms with Gasteiger partial charge in [-0.3, -0.25) is 9.59 Å². The second-order valence-corrected chi connectivity index (χ2v) is 6.23. The molecule has 0 heterocycles. The van der Waals surface area contributed by atoms with Crippen molar-refractivity contribution in [1.82, 2.24) is 5.32 Å². The zero-order chi connectivity index (χ0) is 20.6. The standard InChI is InChI=1S/C23H22N2O4/c1-28-20-10-6-9-18(21(20)29-2)15-24-22(26)17-11-13-19(14-12-17)25-23(27)16-7-4-3-5-8-16/h3-14H,15H2,1-2H3,(H,24,26)(H,25,27). The summed E-state index contributed by atoms with van der Waals surface area (Å²) in [6, 6.07) is 21.2. The maximum atomic E-state index is 12.5. The van der Waals surface area contributed by atoms with Gasteiger partial charge in [-0.15, -0.1) is 0 Å². The Morgan fingerprint density at radius 2 is 1.45 bits per heavy atom. The fourth-order valence-corrected chi connectivity index (χ4v) is 2.87. The number of methoxy groups -OCH3 is 2.